The molecule has 0 aliphatic heterocycles. The van der Waals surface area contributed by atoms with Crippen LogP contribution in [-0.4, -0.2) is 22.6 Å². The number of nitrogens with two attached hydrogens (primary N) is 1. The average molecular weight is 306 g/mol. The predicted octanol–water partition coefficient (Wildman–Crippen LogP) is 1.12. The van der Waals surface area contributed by atoms with Crippen LogP contribution in [0.25, 0.3) is 0 Å². The molecule has 0 aliphatic carbocycles. The van der Waals surface area contributed by atoms with E-state index in [1.54, 1.807) is 0 Å². The maximum absolute atomic E-state index is 11.8. The second-order valence-electron chi connectivity index (χ2n) is 4.68. The monoisotopic (exact) mass is 306 g/mol. The maximum Gasteiger partial charge on any atom is 0.238 e. The summed E-state index contributed by atoms with van der Waals surface area (Å²) in [5, 5.41) is 4.98. The summed E-state index contributed by atoms with van der Waals surface area (Å²) in [4.78, 5) is -0.128. The van der Waals surface area contributed by atoms with Crippen molar-refractivity contribution >= 4 is 25.7 Å². The highest BCUT2D eigenvalue weighted by atomic mass is 32.2. The van der Waals surface area contributed by atoms with Crippen LogP contribution in [0.2, 0.25) is 0 Å². The largest absolute Gasteiger partial charge is 0.284 e. The van der Waals surface area contributed by atoms with Gasteiger partial charge in [-0.1, -0.05) is 19.9 Å². The number of hydrogen-bond acceptors (Lipinski definition) is 4. The van der Waals surface area contributed by atoms with Crippen LogP contribution < -0.4 is 9.86 Å². The Morgan fingerprint density at radius 1 is 1.21 bits per heavy atom. The summed E-state index contributed by atoms with van der Waals surface area (Å²) in [6, 6.07) is 5.41. The molecule has 1 aromatic carbocycles. The van der Waals surface area contributed by atoms with Gasteiger partial charge >= 0.3 is 0 Å². The third-order valence-corrected chi connectivity index (χ3v) is 4.63. The fourth-order valence-corrected chi connectivity index (χ4v) is 3.29. The molecule has 0 unspecified atom stereocenters. The second-order valence-corrected chi connectivity index (χ2v) is 8.08. The fraction of sp³-hybridized carbons (Fsp3) is 0.455. The number of sulfonamides is 2. The first kappa shape index (κ1) is 15.9. The molecule has 108 valence electrons. The average Bonchev–Trinajstić information content (AvgIpc) is 2.25. The highest BCUT2D eigenvalue weighted by molar-refractivity contribution is 7.92. The molecule has 1 rings (SSSR count). The minimum absolute atomic E-state index is 0.00965. The Labute approximate surface area is 114 Å². The van der Waals surface area contributed by atoms with Crippen LogP contribution >= 0.6 is 0 Å². The van der Waals surface area contributed by atoms with Crippen LogP contribution in [-0.2, 0) is 20.0 Å². The third kappa shape index (κ3) is 5.58. The summed E-state index contributed by atoms with van der Waals surface area (Å²) in [6.07, 6.45) is 0.532. The molecule has 0 saturated carbocycles. The van der Waals surface area contributed by atoms with Crippen molar-refractivity contribution in [2.24, 2.45) is 11.1 Å². The van der Waals surface area contributed by atoms with Gasteiger partial charge in [0.2, 0.25) is 20.0 Å². The lowest BCUT2D eigenvalue weighted by Crippen LogP contribution is -2.18. The van der Waals surface area contributed by atoms with Crippen LogP contribution in [0.4, 0.5) is 5.69 Å². The van der Waals surface area contributed by atoms with E-state index in [9.17, 15) is 16.8 Å². The molecule has 19 heavy (non-hydrogen) atoms. The molecule has 0 bridgehead atoms. The number of anilines is 1. The lowest BCUT2D eigenvalue weighted by molar-refractivity contribution is 0.577. The number of rotatable bonds is 6. The minimum Gasteiger partial charge on any atom is -0.284 e. The number of nitrogens with one attached hydrogen (secondary N) is 1. The van der Waals surface area contributed by atoms with Crippen molar-refractivity contribution in [1.82, 2.24) is 0 Å². The molecule has 1 aromatic rings. The van der Waals surface area contributed by atoms with E-state index in [-0.39, 0.29) is 22.3 Å². The molecular formula is C11H18N2O4S2. The van der Waals surface area contributed by atoms with Crippen LogP contribution in [0.1, 0.15) is 20.3 Å². The maximum atomic E-state index is 11.8. The van der Waals surface area contributed by atoms with Crippen molar-refractivity contribution in [3.63, 3.8) is 0 Å². The van der Waals surface area contributed by atoms with E-state index in [4.69, 9.17) is 5.14 Å². The first-order valence-electron chi connectivity index (χ1n) is 5.73. The van der Waals surface area contributed by atoms with E-state index in [2.05, 4.69) is 4.72 Å². The van der Waals surface area contributed by atoms with E-state index in [0.717, 1.165) is 0 Å². The van der Waals surface area contributed by atoms with Crippen molar-refractivity contribution in [3.8, 4) is 0 Å². The highest BCUT2D eigenvalue weighted by Gasteiger charge is 2.13. The van der Waals surface area contributed by atoms with Gasteiger partial charge in [0.1, 0.15) is 0 Å². The van der Waals surface area contributed by atoms with Crippen LogP contribution in [0, 0.1) is 5.92 Å². The quantitative estimate of drug-likeness (QED) is 0.821. The van der Waals surface area contributed by atoms with E-state index in [0.29, 0.717) is 6.42 Å². The third-order valence-electron chi connectivity index (χ3n) is 2.40. The summed E-state index contributed by atoms with van der Waals surface area (Å²) < 4.78 is 48.2. The zero-order chi connectivity index (χ0) is 14.7. The van der Waals surface area contributed by atoms with Gasteiger partial charge in [0.25, 0.3) is 0 Å². The van der Waals surface area contributed by atoms with E-state index >= 15 is 0 Å². The van der Waals surface area contributed by atoms with E-state index in [1.165, 1.54) is 24.3 Å². The highest BCUT2D eigenvalue weighted by Crippen LogP contribution is 2.16. The molecule has 0 saturated heterocycles. The molecule has 0 spiro atoms. The molecule has 0 atom stereocenters. The van der Waals surface area contributed by atoms with Gasteiger partial charge in [-0.25, -0.2) is 22.0 Å². The van der Waals surface area contributed by atoms with E-state index in [1.807, 2.05) is 13.8 Å². The van der Waals surface area contributed by atoms with Gasteiger partial charge in [-0.3, -0.25) is 4.72 Å². The Balaban J connectivity index is 2.89. The van der Waals surface area contributed by atoms with Crippen LogP contribution in [0.15, 0.2) is 29.2 Å². The molecule has 0 fully saturated rings. The molecule has 6 nitrogen and oxygen atoms in total. The van der Waals surface area contributed by atoms with Gasteiger partial charge < -0.3 is 0 Å². The SMILES string of the molecule is CC(C)CCS(=O)(=O)Nc1cccc(S(N)(=O)=O)c1. The van der Waals surface area contributed by atoms with Crippen molar-refractivity contribution in [1.29, 1.82) is 0 Å². The smallest absolute Gasteiger partial charge is 0.238 e. The number of hydrogen-bond donors (Lipinski definition) is 2. The van der Waals surface area contributed by atoms with Crippen LogP contribution in [0.5, 0.6) is 0 Å². The van der Waals surface area contributed by atoms with Gasteiger partial charge in [-0.15, -0.1) is 0 Å². The van der Waals surface area contributed by atoms with Crippen LogP contribution in [0.3, 0.4) is 0 Å². The molecule has 3 N–H and O–H groups in total. The Hall–Kier alpha value is -1.12. The Bertz CT molecular complexity index is 636. The van der Waals surface area contributed by atoms with Gasteiger partial charge in [-0.05, 0) is 30.5 Å². The van der Waals surface area contributed by atoms with Crippen molar-refractivity contribution in [3.05, 3.63) is 24.3 Å². The molecule has 0 aliphatic rings. The van der Waals surface area contributed by atoms with E-state index < -0.39 is 20.0 Å². The summed E-state index contributed by atoms with van der Waals surface area (Å²) in [5.41, 5.74) is 0.190. The lowest BCUT2D eigenvalue weighted by Gasteiger charge is -2.10. The second kappa shape index (κ2) is 5.89. The summed E-state index contributed by atoms with van der Waals surface area (Å²) >= 11 is 0. The first-order chi connectivity index (χ1) is 8.60. The lowest BCUT2D eigenvalue weighted by atomic mass is 10.2. The van der Waals surface area contributed by atoms with Crippen molar-refractivity contribution in [2.75, 3.05) is 10.5 Å². The summed E-state index contributed by atoms with van der Waals surface area (Å²) in [5.74, 6) is 0.261. The zero-order valence-corrected chi connectivity index (χ0v) is 12.5. The molecular weight excluding hydrogens is 288 g/mol. The number of primary sulfonamides is 1. The fourth-order valence-electron chi connectivity index (χ4n) is 1.36. The predicted molar refractivity (Wildman–Crippen MR) is 74.7 cm³/mol. The molecule has 8 heteroatoms. The molecule has 0 heterocycles. The van der Waals surface area contributed by atoms with Gasteiger partial charge in [0, 0.05) is 5.69 Å². The zero-order valence-electron chi connectivity index (χ0n) is 10.8. The standard InChI is InChI=1S/C11H18N2O4S2/c1-9(2)6-7-18(14,15)13-10-4-3-5-11(8-10)19(12,16)17/h3-5,8-9,13H,6-7H2,1-2H3,(H2,12,16,17). The molecule has 0 aromatic heterocycles. The van der Waals surface area contributed by atoms with Crippen molar-refractivity contribution < 1.29 is 16.8 Å². The first-order valence-corrected chi connectivity index (χ1v) is 8.93. The molecule has 0 radical (unpaired) electrons. The van der Waals surface area contributed by atoms with Gasteiger partial charge in [-0.2, -0.15) is 0 Å². The normalized spacial score (nSPS) is 12.6. The summed E-state index contributed by atoms with van der Waals surface area (Å²) in [7, 11) is -7.32. The summed E-state index contributed by atoms with van der Waals surface area (Å²) in [6.45, 7) is 3.86. The minimum atomic E-state index is -3.84. The Kier molecular flexibility index (Phi) is 4.94. The van der Waals surface area contributed by atoms with Crippen molar-refractivity contribution in [2.45, 2.75) is 25.2 Å². The molecule has 0 amide bonds. The van der Waals surface area contributed by atoms with Gasteiger partial charge in [0.15, 0.2) is 0 Å². The number of benzene rings is 1. The topological polar surface area (TPSA) is 106 Å². The Morgan fingerprint density at radius 2 is 1.84 bits per heavy atom. The van der Waals surface area contributed by atoms with Gasteiger partial charge in [0.05, 0.1) is 10.6 Å². The Morgan fingerprint density at radius 3 is 2.37 bits per heavy atom.